The number of thioether (sulfide) groups is 1. The molecular formula is C14H28N2OS. The number of nitrogens with one attached hydrogen (secondary N) is 2. The van der Waals surface area contributed by atoms with Crippen LogP contribution in [0.1, 0.15) is 52.9 Å². The molecule has 0 aromatic rings. The van der Waals surface area contributed by atoms with E-state index in [1.54, 1.807) is 0 Å². The fourth-order valence-corrected chi connectivity index (χ4v) is 3.40. The molecular weight excluding hydrogens is 244 g/mol. The van der Waals surface area contributed by atoms with Gasteiger partial charge in [0.05, 0.1) is 6.04 Å². The lowest BCUT2D eigenvalue weighted by Gasteiger charge is -2.21. The largest absolute Gasteiger partial charge is 0.352 e. The highest BCUT2D eigenvalue weighted by Crippen LogP contribution is 2.28. The summed E-state index contributed by atoms with van der Waals surface area (Å²) in [5.74, 6) is 0.142. The standard InChI is InChI=1S/C14H28N2OS/c1-5-6-10(2)15-14(17)11(3)16-12-7-8-13(9-12)18-4/h10-13,16H,5-9H2,1-4H3,(H,15,17). The molecule has 0 aliphatic heterocycles. The monoisotopic (exact) mass is 272 g/mol. The van der Waals surface area contributed by atoms with Gasteiger partial charge in [0.25, 0.3) is 0 Å². The Hall–Kier alpha value is -0.220. The first kappa shape index (κ1) is 15.8. The zero-order valence-corrected chi connectivity index (χ0v) is 13.0. The minimum absolute atomic E-state index is 0.0742. The quantitative estimate of drug-likeness (QED) is 0.748. The van der Waals surface area contributed by atoms with Gasteiger partial charge in [-0.25, -0.2) is 0 Å². The molecule has 4 heteroatoms. The minimum Gasteiger partial charge on any atom is -0.352 e. The van der Waals surface area contributed by atoms with Crippen LogP contribution < -0.4 is 10.6 Å². The van der Waals surface area contributed by atoms with Gasteiger partial charge in [-0.15, -0.1) is 0 Å². The molecule has 4 atom stereocenters. The predicted octanol–water partition coefficient (Wildman–Crippen LogP) is 2.55. The molecule has 1 saturated carbocycles. The molecule has 1 amide bonds. The van der Waals surface area contributed by atoms with Crippen LogP contribution >= 0.6 is 11.8 Å². The Labute approximate surface area is 116 Å². The van der Waals surface area contributed by atoms with E-state index in [1.807, 2.05) is 18.7 Å². The summed E-state index contributed by atoms with van der Waals surface area (Å²) < 4.78 is 0. The van der Waals surface area contributed by atoms with E-state index in [0.29, 0.717) is 6.04 Å². The van der Waals surface area contributed by atoms with Crippen molar-refractivity contribution >= 4 is 17.7 Å². The number of amides is 1. The second-order valence-electron chi connectivity index (χ2n) is 5.45. The Balaban J connectivity index is 2.27. The number of rotatable bonds is 7. The molecule has 0 bridgehead atoms. The Bertz CT molecular complexity index is 260. The molecule has 0 saturated heterocycles. The number of hydrogen-bond donors (Lipinski definition) is 2. The minimum atomic E-state index is -0.0742. The summed E-state index contributed by atoms with van der Waals surface area (Å²) in [6.07, 6.45) is 8.02. The maximum absolute atomic E-state index is 12.0. The highest BCUT2D eigenvalue weighted by Gasteiger charge is 2.26. The Morgan fingerprint density at radius 1 is 1.39 bits per heavy atom. The first-order valence-corrected chi connectivity index (χ1v) is 8.44. The van der Waals surface area contributed by atoms with E-state index in [9.17, 15) is 4.79 Å². The van der Waals surface area contributed by atoms with E-state index >= 15 is 0 Å². The molecule has 3 nitrogen and oxygen atoms in total. The lowest BCUT2D eigenvalue weighted by Crippen LogP contribution is -2.48. The molecule has 2 N–H and O–H groups in total. The third-order valence-corrected chi connectivity index (χ3v) is 4.80. The van der Waals surface area contributed by atoms with Crippen LogP contribution in [0.15, 0.2) is 0 Å². The summed E-state index contributed by atoms with van der Waals surface area (Å²) in [5, 5.41) is 7.31. The summed E-state index contributed by atoms with van der Waals surface area (Å²) in [6.45, 7) is 6.19. The zero-order chi connectivity index (χ0) is 13.5. The molecule has 1 rings (SSSR count). The average Bonchev–Trinajstić information content (AvgIpc) is 2.76. The molecule has 0 spiro atoms. The van der Waals surface area contributed by atoms with Crippen molar-refractivity contribution in [1.82, 2.24) is 10.6 Å². The van der Waals surface area contributed by atoms with Crippen LogP contribution in [0.2, 0.25) is 0 Å². The molecule has 0 aromatic carbocycles. The van der Waals surface area contributed by atoms with Gasteiger partial charge in [-0.05, 0) is 45.8 Å². The van der Waals surface area contributed by atoms with Gasteiger partial charge in [0, 0.05) is 17.3 Å². The first-order chi connectivity index (χ1) is 8.56. The third-order valence-electron chi connectivity index (χ3n) is 3.71. The predicted molar refractivity (Wildman–Crippen MR) is 80.1 cm³/mol. The second kappa shape index (κ2) is 8.05. The summed E-state index contributed by atoms with van der Waals surface area (Å²) in [6, 6.07) is 0.730. The maximum Gasteiger partial charge on any atom is 0.237 e. The SMILES string of the molecule is CCCC(C)NC(=O)C(C)NC1CCC(SC)C1. The average molecular weight is 272 g/mol. The fraction of sp³-hybridized carbons (Fsp3) is 0.929. The van der Waals surface area contributed by atoms with Crippen molar-refractivity contribution < 1.29 is 4.79 Å². The molecule has 1 aliphatic rings. The molecule has 4 unspecified atom stereocenters. The highest BCUT2D eigenvalue weighted by molar-refractivity contribution is 7.99. The van der Waals surface area contributed by atoms with Gasteiger partial charge in [0.15, 0.2) is 0 Å². The Morgan fingerprint density at radius 2 is 2.11 bits per heavy atom. The van der Waals surface area contributed by atoms with E-state index in [0.717, 1.165) is 18.1 Å². The van der Waals surface area contributed by atoms with Crippen molar-refractivity contribution in [2.45, 2.75) is 76.3 Å². The molecule has 18 heavy (non-hydrogen) atoms. The summed E-state index contributed by atoms with van der Waals surface area (Å²) in [4.78, 5) is 12.0. The van der Waals surface area contributed by atoms with Crippen molar-refractivity contribution in [3.8, 4) is 0 Å². The van der Waals surface area contributed by atoms with E-state index in [4.69, 9.17) is 0 Å². The van der Waals surface area contributed by atoms with Gasteiger partial charge in [0.1, 0.15) is 0 Å². The molecule has 0 heterocycles. The molecule has 1 aliphatic carbocycles. The van der Waals surface area contributed by atoms with Gasteiger partial charge in [0.2, 0.25) is 5.91 Å². The highest BCUT2D eigenvalue weighted by atomic mass is 32.2. The van der Waals surface area contributed by atoms with Crippen molar-refractivity contribution in [3.05, 3.63) is 0 Å². The van der Waals surface area contributed by atoms with Crippen LogP contribution in [0.4, 0.5) is 0 Å². The Kier molecular flexibility index (Phi) is 7.08. The molecule has 1 fully saturated rings. The van der Waals surface area contributed by atoms with Crippen LogP contribution in [-0.2, 0) is 4.79 Å². The fourth-order valence-electron chi connectivity index (χ4n) is 2.61. The van der Waals surface area contributed by atoms with E-state index in [1.165, 1.54) is 19.3 Å². The molecule has 0 aromatic heterocycles. The maximum atomic E-state index is 12.0. The van der Waals surface area contributed by atoms with Crippen LogP contribution in [0.25, 0.3) is 0 Å². The number of hydrogen-bond acceptors (Lipinski definition) is 3. The Morgan fingerprint density at radius 3 is 2.67 bits per heavy atom. The lowest BCUT2D eigenvalue weighted by atomic mass is 10.1. The van der Waals surface area contributed by atoms with E-state index in [-0.39, 0.29) is 18.0 Å². The number of carbonyl (C=O) groups excluding carboxylic acids is 1. The summed E-state index contributed by atoms with van der Waals surface area (Å²) >= 11 is 1.95. The van der Waals surface area contributed by atoms with Crippen molar-refractivity contribution in [2.75, 3.05) is 6.26 Å². The van der Waals surface area contributed by atoms with Gasteiger partial charge in [-0.1, -0.05) is 13.3 Å². The van der Waals surface area contributed by atoms with Crippen LogP contribution in [-0.4, -0.2) is 35.5 Å². The van der Waals surface area contributed by atoms with Gasteiger partial charge < -0.3 is 10.6 Å². The van der Waals surface area contributed by atoms with Gasteiger partial charge in [-0.3, -0.25) is 4.79 Å². The smallest absolute Gasteiger partial charge is 0.237 e. The summed E-state index contributed by atoms with van der Waals surface area (Å²) in [5.41, 5.74) is 0. The number of carbonyl (C=O) groups is 1. The van der Waals surface area contributed by atoms with Gasteiger partial charge >= 0.3 is 0 Å². The molecule has 0 radical (unpaired) electrons. The lowest BCUT2D eigenvalue weighted by molar-refractivity contribution is -0.123. The van der Waals surface area contributed by atoms with E-state index < -0.39 is 0 Å². The van der Waals surface area contributed by atoms with Crippen molar-refractivity contribution in [1.29, 1.82) is 0 Å². The van der Waals surface area contributed by atoms with Crippen LogP contribution in [0, 0.1) is 0 Å². The normalized spacial score (nSPS) is 26.9. The van der Waals surface area contributed by atoms with Gasteiger partial charge in [-0.2, -0.15) is 11.8 Å². The first-order valence-electron chi connectivity index (χ1n) is 7.16. The van der Waals surface area contributed by atoms with Crippen molar-refractivity contribution in [2.24, 2.45) is 0 Å². The van der Waals surface area contributed by atoms with Crippen LogP contribution in [0.5, 0.6) is 0 Å². The van der Waals surface area contributed by atoms with Crippen molar-refractivity contribution in [3.63, 3.8) is 0 Å². The summed E-state index contributed by atoms with van der Waals surface area (Å²) in [7, 11) is 0. The molecule has 106 valence electrons. The van der Waals surface area contributed by atoms with E-state index in [2.05, 4.69) is 30.7 Å². The third kappa shape index (κ3) is 5.19. The zero-order valence-electron chi connectivity index (χ0n) is 12.2. The second-order valence-corrected chi connectivity index (χ2v) is 6.59. The topological polar surface area (TPSA) is 41.1 Å². The van der Waals surface area contributed by atoms with Crippen LogP contribution in [0.3, 0.4) is 0 Å².